The van der Waals surface area contributed by atoms with E-state index < -0.39 is 16.1 Å². The maximum Gasteiger partial charge on any atom is 0.244 e. The SMILES string of the molecule is Cc1ccc(C2CC(=O)CN2S(=O)(=O)c2ccccc2)cc1. The van der Waals surface area contributed by atoms with Crippen LogP contribution >= 0.6 is 0 Å². The molecule has 0 spiro atoms. The second kappa shape index (κ2) is 5.66. The topological polar surface area (TPSA) is 54.5 Å². The van der Waals surface area contributed by atoms with Gasteiger partial charge in [0.05, 0.1) is 17.5 Å². The van der Waals surface area contributed by atoms with Crippen molar-refractivity contribution in [2.45, 2.75) is 24.3 Å². The number of carbonyl (C=O) groups excluding carboxylic acids is 1. The average molecular weight is 315 g/mol. The number of carbonyl (C=O) groups is 1. The first-order valence-corrected chi connectivity index (χ1v) is 8.57. The molecule has 0 N–H and O–H groups in total. The molecule has 1 fully saturated rings. The Bertz CT molecular complexity index is 782. The summed E-state index contributed by atoms with van der Waals surface area (Å²) in [5.41, 5.74) is 1.96. The maximum absolute atomic E-state index is 12.8. The van der Waals surface area contributed by atoms with Gasteiger partial charge in [0.15, 0.2) is 0 Å². The molecule has 1 unspecified atom stereocenters. The lowest BCUT2D eigenvalue weighted by molar-refractivity contribution is -0.116. The minimum absolute atomic E-state index is 0.0509. The predicted molar refractivity (Wildman–Crippen MR) is 83.9 cm³/mol. The molecule has 1 atom stereocenters. The number of hydrogen-bond donors (Lipinski definition) is 0. The molecule has 0 aliphatic carbocycles. The minimum atomic E-state index is -3.67. The lowest BCUT2D eigenvalue weighted by Crippen LogP contribution is -2.31. The Kier molecular flexibility index (Phi) is 3.85. The lowest BCUT2D eigenvalue weighted by Gasteiger charge is -2.23. The number of nitrogens with zero attached hydrogens (tertiary/aromatic N) is 1. The van der Waals surface area contributed by atoms with Crippen LogP contribution in [0, 0.1) is 6.92 Å². The smallest absolute Gasteiger partial charge is 0.244 e. The summed E-state index contributed by atoms with van der Waals surface area (Å²) in [5, 5.41) is 0. The van der Waals surface area contributed by atoms with E-state index in [0.717, 1.165) is 11.1 Å². The number of benzene rings is 2. The summed E-state index contributed by atoms with van der Waals surface area (Å²) in [6.45, 7) is 1.91. The second-order valence-electron chi connectivity index (χ2n) is 5.53. The molecular formula is C17H17NO3S. The maximum atomic E-state index is 12.8. The van der Waals surface area contributed by atoms with Gasteiger partial charge in [0.25, 0.3) is 0 Å². The van der Waals surface area contributed by atoms with Crippen LogP contribution in [0.25, 0.3) is 0 Å². The van der Waals surface area contributed by atoms with Crippen molar-refractivity contribution in [3.63, 3.8) is 0 Å². The van der Waals surface area contributed by atoms with Gasteiger partial charge in [-0.2, -0.15) is 4.31 Å². The van der Waals surface area contributed by atoms with E-state index >= 15 is 0 Å². The highest BCUT2D eigenvalue weighted by atomic mass is 32.2. The van der Waals surface area contributed by atoms with Crippen molar-refractivity contribution < 1.29 is 13.2 Å². The molecule has 2 aromatic carbocycles. The average Bonchev–Trinajstić information content (AvgIpc) is 2.92. The van der Waals surface area contributed by atoms with Crippen molar-refractivity contribution in [3.8, 4) is 0 Å². The zero-order valence-electron chi connectivity index (χ0n) is 12.3. The van der Waals surface area contributed by atoms with E-state index in [1.807, 2.05) is 31.2 Å². The van der Waals surface area contributed by atoms with Crippen molar-refractivity contribution in [1.29, 1.82) is 0 Å². The number of hydrogen-bond acceptors (Lipinski definition) is 3. The molecule has 0 amide bonds. The number of rotatable bonds is 3. The van der Waals surface area contributed by atoms with Crippen molar-refractivity contribution >= 4 is 15.8 Å². The summed E-state index contributed by atoms with van der Waals surface area (Å²) in [4.78, 5) is 12.1. The normalized spacial score (nSPS) is 19.5. The van der Waals surface area contributed by atoms with E-state index in [9.17, 15) is 13.2 Å². The summed E-state index contributed by atoms with van der Waals surface area (Å²) >= 11 is 0. The van der Waals surface area contributed by atoms with Gasteiger partial charge in [-0.05, 0) is 24.6 Å². The third kappa shape index (κ3) is 2.69. The van der Waals surface area contributed by atoms with Gasteiger partial charge >= 0.3 is 0 Å². The molecule has 1 aliphatic rings. The van der Waals surface area contributed by atoms with Crippen molar-refractivity contribution in [2.24, 2.45) is 0 Å². The van der Waals surface area contributed by atoms with Crippen LogP contribution < -0.4 is 0 Å². The Balaban J connectivity index is 2.01. The van der Waals surface area contributed by atoms with E-state index in [-0.39, 0.29) is 23.6 Å². The Morgan fingerprint density at radius 3 is 2.27 bits per heavy atom. The van der Waals surface area contributed by atoms with Crippen molar-refractivity contribution in [2.75, 3.05) is 6.54 Å². The third-order valence-corrected chi connectivity index (χ3v) is 5.78. The largest absolute Gasteiger partial charge is 0.298 e. The molecule has 0 bridgehead atoms. The minimum Gasteiger partial charge on any atom is -0.298 e. The number of Topliss-reactive ketones (excluding diaryl/α,β-unsaturated/α-hetero) is 1. The molecule has 1 heterocycles. The zero-order chi connectivity index (χ0) is 15.7. The lowest BCUT2D eigenvalue weighted by atomic mass is 10.0. The van der Waals surface area contributed by atoms with Gasteiger partial charge in [-0.15, -0.1) is 0 Å². The van der Waals surface area contributed by atoms with E-state index in [1.54, 1.807) is 30.3 Å². The van der Waals surface area contributed by atoms with E-state index in [4.69, 9.17) is 0 Å². The molecule has 1 saturated heterocycles. The Morgan fingerprint density at radius 2 is 1.64 bits per heavy atom. The monoisotopic (exact) mass is 315 g/mol. The van der Waals surface area contributed by atoms with Gasteiger partial charge in [-0.1, -0.05) is 48.0 Å². The molecule has 1 aliphatic heterocycles. The van der Waals surface area contributed by atoms with Crippen molar-refractivity contribution in [3.05, 3.63) is 65.7 Å². The molecule has 0 saturated carbocycles. The third-order valence-electron chi connectivity index (χ3n) is 3.91. The van der Waals surface area contributed by atoms with E-state index in [0.29, 0.717) is 0 Å². The number of sulfonamides is 1. The van der Waals surface area contributed by atoms with Crippen LogP contribution in [0.15, 0.2) is 59.5 Å². The summed E-state index contributed by atoms with van der Waals surface area (Å²) in [6, 6.07) is 15.5. The predicted octanol–water partition coefficient (Wildman–Crippen LogP) is 2.70. The van der Waals surface area contributed by atoms with Crippen LogP contribution in [0.1, 0.15) is 23.6 Å². The molecule has 5 heteroatoms. The molecule has 0 aromatic heterocycles. The summed E-state index contributed by atoms with van der Waals surface area (Å²) in [7, 11) is -3.67. The standard InChI is InChI=1S/C17H17NO3S/c1-13-7-9-14(10-8-13)17-11-15(19)12-18(17)22(20,21)16-5-3-2-4-6-16/h2-10,17H,11-12H2,1H3. The highest BCUT2D eigenvalue weighted by molar-refractivity contribution is 7.89. The Labute approximate surface area is 130 Å². The second-order valence-corrected chi connectivity index (χ2v) is 7.42. The first-order valence-electron chi connectivity index (χ1n) is 7.13. The molecular weight excluding hydrogens is 298 g/mol. The first kappa shape index (κ1) is 14.9. The van der Waals surface area contributed by atoms with Gasteiger partial charge in [0.1, 0.15) is 5.78 Å². The van der Waals surface area contributed by atoms with Crippen LogP contribution in [0.3, 0.4) is 0 Å². The Hall–Kier alpha value is -1.98. The van der Waals surface area contributed by atoms with Crippen LogP contribution in [-0.4, -0.2) is 25.1 Å². The van der Waals surface area contributed by atoms with Crippen LogP contribution in [-0.2, 0) is 14.8 Å². The highest BCUT2D eigenvalue weighted by Crippen LogP contribution is 2.35. The van der Waals surface area contributed by atoms with Gasteiger partial charge < -0.3 is 0 Å². The fourth-order valence-electron chi connectivity index (χ4n) is 2.72. The van der Waals surface area contributed by atoms with E-state index in [2.05, 4.69) is 0 Å². The quantitative estimate of drug-likeness (QED) is 0.875. The zero-order valence-corrected chi connectivity index (χ0v) is 13.1. The van der Waals surface area contributed by atoms with Crippen LogP contribution in [0.4, 0.5) is 0 Å². The summed E-state index contributed by atoms with van der Waals surface area (Å²) < 4.78 is 26.9. The van der Waals surface area contributed by atoms with Crippen LogP contribution in [0.5, 0.6) is 0 Å². The first-order chi connectivity index (χ1) is 10.5. The molecule has 3 rings (SSSR count). The van der Waals surface area contributed by atoms with Gasteiger partial charge in [0.2, 0.25) is 10.0 Å². The summed E-state index contributed by atoms with van der Waals surface area (Å²) in [5.74, 6) is -0.0509. The molecule has 0 radical (unpaired) electrons. The van der Waals surface area contributed by atoms with Crippen molar-refractivity contribution in [1.82, 2.24) is 4.31 Å². The number of ketones is 1. The summed E-state index contributed by atoms with van der Waals surface area (Å²) in [6.07, 6.45) is 0.231. The highest BCUT2D eigenvalue weighted by Gasteiger charge is 2.40. The molecule has 4 nitrogen and oxygen atoms in total. The van der Waals surface area contributed by atoms with Gasteiger partial charge in [-0.3, -0.25) is 4.79 Å². The number of aryl methyl sites for hydroxylation is 1. The molecule has 22 heavy (non-hydrogen) atoms. The molecule has 2 aromatic rings. The van der Waals surface area contributed by atoms with Gasteiger partial charge in [0, 0.05) is 6.42 Å². The fourth-order valence-corrected chi connectivity index (χ4v) is 4.34. The van der Waals surface area contributed by atoms with Gasteiger partial charge in [-0.25, -0.2) is 8.42 Å². The Morgan fingerprint density at radius 1 is 1.00 bits per heavy atom. The molecule has 114 valence electrons. The fraction of sp³-hybridized carbons (Fsp3) is 0.235. The van der Waals surface area contributed by atoms with E-state index in [1.165, 1.54) is 4.31 Å². The van der Waals surface area contributed by atoms with Crippen LogP contribution in [0.2, 0.25) is 0 Å².